The van der Waals surface area contributed by atoms with Gasteiger partial charge in [-0.1, -0.05) is 13.0 Å². The first-order valence-electron chi connectivity index (χ1n) is 7.52. The van der Waals surface area contributed by atoms with Gasteiger partial charge in [0, 0.05) is 18.7 Å². The smallest absolute Gasteiger partial charge is 0.128 e. The molecule has 1 N–H and O–H groups in total. The number of nitrogens with one attached hydrogen (secondary N) is 1. The highest BCUT2D eigenvalue weighted by molar-refractivity contribution is 6.00. The number of likely N-dealkylation sites (tertiary alicyclic amines) is 1. The van der Waals surface area contributed by atoms with Crippen molar-refractivity contribution < 1.29 is 4.39 Å². The number of hydrogen-bond acceptors (Lipinski definition) is 2. The Bertz CT molecular complexity index is 506. The maximum Gasteiger partial charge on any atom is 0.128 e. The number of amidine groups is 1. The number of benzene rings is 1. The van der Waals surface area contributed by atoms with Gasteiger partial charge in [0.2, 0.25) is 0 Å². The van der Waals surface area contributed by atoms with Gasteiger partial charge in [0.15, 0.2) is 0 Å². The summed E-state index contributed by atoms with van der Waals surface area (Å²) in [5.41, 5.74) is 1.86. The first-order valence-corrected chi connectivity index (χ1v) is 7.52. The van der Waals surface area contributed by atoms with Gasteiger partial charge < -0.3 is 9.80 Å². The van der Waals surface area contributed by atoms with E-state index in [1.165, 1.54) is 38.1 Å². The summed E-state index contributed by atoms with van der Waals surface area (Å²) in [5, 5.41) is 8.23. The molecule has 0 aliphatic carbocycles. The van der Waals surface area contributed by atoms with E-state index in [1.807, 2.05) is 6.07 Å². The lowest BCUT2D eigenvalue weighted by Gasteiger charge is -2.33. The molecule has 20 heavy (non-hydrogen) atoms. The van der Waals surface area contributed by atoms with Crippen molar-refractivity contribution in [3.63, 3.8) is 0 Å². The van der Waals surface area contributed by atoms with Crippen molar-refractivity contribution in [2.75, 3.05) is 26.2 Å². The number of fused-ring (bicyclic) bond motifs is 1. The van der Waals surface area contributed by atoms with Crippen LogP contribution in [-0.2, 0) is 6.54 Å². The molecule has 0 unspecified atom stereocenters. The van der Waals surface area contributed by atoms with Gasteiger partial charge in [-0.25, -0.2) is 4.39 Å². The summed E-state index contributed by atoms with van der Waals surface area (Å²) >= 11 is 0. The van der Waals surface area contributed by atoms with Crippen LogP contribution < -0.4 is 0 Å². The molecule has 2 heterocycles. The Balaban J connectivity index is 1.62. The predicted octanol–water partition coefficient (Wildman–Crippen LogP) is 2.70. The van der Waals surface area contributed by atoms with E-state index in [0.29, 0.717) is 11.8 Å². The Kier molecular flexibility index (Phi) is 3.74. The predicted molar refractivity (Wildman–Crippen MR) is 78.5 cm³/mol. The topological polar surface area (TPSA) is 30.3 Å². The van der Waals surface area contributed by atoms with E-state index in [0.717, 1.165) is 30.8 Å². The SMILES string of the molecule is CCN1CCC(CN2Cc3ccc(F)cc3C2=N)CC1. The van der Waals surface area contributed by atoms with E-state index in [-0.39, 0.29) is 5.82 Å². The van der Waals surface area contributed by atoms with Crippen LogP contribution in [-0.4, -0.2) is 41.8 Å². The molecule has 0 atom stereocenters. The summed E-state index contributed by atoms with van der Waals surface area (Å²) in [6, 6.07) is 4.81. The van der Waals surface area contributed by atoms with Crippen molar-refractivity contribution in [3.8, 4) is 0 Å². The second-order valence-electron chi connectivity index (χ2n) is 5.91. The van der Waals surface area contributed by atoms with Gasteiger partial charge in [-0.15, -0.1) is 0 Å². The molecule has 2 aliphatic rings. The van der Waals surface area contributed by atoms with Crippen LogP contribution in [0.15, 0.2) is 18.2 Å². The maximum absolute atomic E-state index is 13.3. The molecule has 0 aromatic heterocycles. The van der Waals surface area contributed by atoms with Gasteiger partial charge in [-0.2, -0.15) is 0 Å². The Labute approximate surface area is 119 Å². The van der Waals surface area contributed by atoms with E-state index >= 15 is 0 Å². The minimum Gasteiger partial charge on any atom is -0.352 e. The normalized spacial score (nSPS) is 20.5. The molecule has 2 aliphatic heterocycles. The molecule has 1 fully saturated rings. The lowest BCUT2D eigenvalue weighted by Crippen LogP contribution is -2.38. The largest absolute Gasteiger partial charge is 0.352 e. The molecule has 1 aromatic carbocycles. The Morgan fingerprint density at radius 2 is 2.05 bits per heavy atom. The van der Waals surface area contributed by atoms with Gasteiger partial charge in [-0.05, 0) is 56.1 Å². The summed E-state index contributed by atoms with van der Waals surface area (Å²) in [6.07, 6.45) is 2.42. The molecule has 0 saturated carbocycles. The van der Waals surface area contributed by atoms with E-state index in [4.69, 9.17) is 5.41 Å². The van der Waals surface area contributed by atoms with E-state index < -0.39 is 0 Å². The van der Waals surface area contributed by atoms with E-state index in [2.05, 4.69) is 16.7 Å². The van der Waals surface area contributed by atoms with Crippen molar-refractivity contribution in [1.82, 2.24) is 9.80 Å². The Hall–Kier alpha value is -1.42. The summed E-state index contributed by atoms with van der Waals surface area (Å²) < 4.78 is 13.3. The molecule has 0 bridgehead atoms. The number of nitrogens with zero attached hydrogens (tertiary/aromatic N) is 2. The van der Waals surface area contributed by atoms with Gasteiger partial charge in [0.1, 0.15) is 11.7 Å². The second-order valence-corrected chi connectivity index (χ2v) is 5.91. The first-order chi connectivity index (χ1) is 9.67. The summed E-state index contributed by atoms with van der Waals surface area (Å²) in [7, 11) is 0. The maximum atomic E-state index is 13.3. The third-order valence-corrected chi connectivity index (χ3v) is 4.64. The fourth-order valence-corrected chi connectivity index (χ4v) is 3.31. The molecule has 3 rings (SSSR count). The van der Waals surface area contributed by atoms with Crippen molar-refractivity contribution in [1.29, 1.82) is 5.41 Å². The van der Waals surface area contributed by atoms with Crippen LogP contribution in [0.1, 0.15) is 30.9 Å². The van der Waals surface area contributed by atoms with E-state index in [9.17, 15) is 4.39 Å². The molecule has 4 heteroatoms. The second kappa shape index (κ2) is 5.52. The van der Waals surface area contributed by atoms with Crippen LogP contribution in [0.3, 0.4) is 0 Å². The molecule has 0 radical (unpaired) electrons. The van der Waals surface area contributed by atoms with Crippen LogP contribution in [0.5, 0.6) is 0 Å². The minimum atomic E-state index is -0.244. The zero-order chi connectivity index (χ0) is 14.1. The average Bonchev–Trinajstić information content (AvgIpc) is 2.76. The van der Waals surface area contributed by atoms with Crippen molar-refractivity contribution >= 4 is 5.84 Å². The molecule has 108 valence electrons. The summed E-state index contributed by atoms with van der Waals surface area (Å²) in [4.78, 5) is 4.59. The molecule has 1 aromatic rings. The zero-order valence-electron chi connectivity index (χ0n) is 12.0. The summed E-state index contributed by atoms with van der Waals surface area (Å²) in [6.45, 7) is 7.39. The highest BCUT2D eigenvalue weighted by Gasteiger charge is 2.28. The van der Waals surface area contributed by atoms with Gasteiger partial charge in [0.05, 0.1) is 0 Å². The molecule has 0 spiro atoms. The van der Waals surface area contributed by atoms with E-state index in [1.54, 1.807) is 0 Å². The van der Waals surface area contributed by atoms with Crippen LogP contribution in [0.4, 0.5) is 4.39 Å². The quantitative estimate of drug-likeness (QED) is 0.919. The monoisotopic (exact) mass is 275 g/mol. The Morgan fingerprint density at radius 3 is 2.75 bits per heavy atom. The lowest BCUT2D eigenvalue weighted by atomic mass is 9.96. The number of rotatable bonds is 3. The van der Waals surface area contributed by atoms with Crippen molar-refractivity contribution in [2.45, 2.75) is 26.3 Å². The molecular formula is C16H22FN3. The van der Waals surface area contributed by atoms with Gasteiger partial charge in [0.25, 0.3) is 0 Å². The standard InChI is InChI=1S/C16H22FN3/c1-2-19-7-5-12(6-8-19)10-20-11-13-3-4-14(17)9-15(13)16(20)18/h3-4,9,12,18H,2,5-8,10-11H2,1H3. The number of halogens is 1. The van der Waals surface area contributed by atoms with Gasteiger partial charge in [-0.3, -0.25) is 5.41 Å². The van der Waals surface area contributed by atoms with Crippen LogP contribution in [0.25, 0.3) is 0 Å². The number of piperidine rings is 1. The molecule has 3 nitrogen and oxygen atoms in total. The molecule has 0 amide bonds. The molecule has 1 saturated heterocycles. The highest BCUT2D eigenvalue weighted by Crippen LogP contribution is 2.26. The van der Waals surface area contributed by atoms with Crippen molar-refractivity contribution in [3.05, 3.63) is 35.1 Å². The number of hydrogen-bond donors (Lipinski definition) is 1. The highest BCUT2D eigenvalue weighted by atomic mass is 19.1. The first kappa shape index (κ1) is 13.6. The third-order valence-electron chi connectivity index (χ3n) is 4.64. The van der Waals surface area contributed by atoms with Crippen LogP contribution in [0, 0.1) is 17.1 Å². The lowest BCUT2D eigenvalue weighted by molar-refractivity contribution is 0.172. The van der Waals surface area contributed by atoms with Gasteiger partial charge >= 0.3 is 0 Å². The third kappa shape index (κ3) is 2.57. The minimum absolute atomic E-state index is 0.244. The fraction of sp³-hybridized carbons (Fsp3) is 0.562. The van der Waals surface area contributed by atoms with Crippen molar-refractivity contribution in [2.24, 2.45) is 5.92 Å². The Morgan fingerprint density at radius 1 is 1.30 bits per heavy atom. The summed E-state index contributed by atoms with van der Waals surface area (Å²) in [5.74, 6) is 0.918. The van der Waals surface area contributed by atoms with Crippen LogP contribution >= 0.6 is 0 Å². The zero-order valence-corrected chi connectivity index (χ0v) is 12.0. The average molecular weight is 275 g/mol. The fourth-order valence-electron chi connectivity index (χ4n) is 3.31. The molecular weight excluding hydrogens is 253 g/mol. The van der Waals surface area contributed by atoms with Crippen LogP contribution in [0.2, 0.25) is 0 Å².